The van der Waals surface area contributed by atoms with Crippen LogP contribution in [0, 0.1) is 6.92 Å². The molecule has 0 spiro atoms. The van der Waals surface area contributed by atoms with Crippen molar-refractivity contribution in [2.45, 2.75) is 6.92 Å². The topological polar surface area (TPSA) is 43.1 Å². The molecule has 0 unspecified atom stereocenters. The molecule has 0 N–H and O–H groups in total. The lowest BCUT2D eigenvalue weighted by Crippen LogP contribution is -2.02. The second-order valence-corrected chi connectivity index (χ2v) is 2.61. The molecule has 3 nitrogen and oxygen atoms in total. The number of hydrogen-bond acceptors (Lipinski definition) is 3. The van der Waals surface area contributed by atoms with Gasteiger partial charge in [-0.1, -0.05) is 0 Å². The van der Waals surface area contributed by atoms with E-state index in [4.69, 9.17) is 4.42 Å². The van der Waals surface area contributed by atoms with E-state index in [9.17, 15) is 4.79 Å². The molecule has 0 aromatic carbocycles. The summed E-state index contributed by atoms with van der Waals surface area (Å²) in [5, 5.41) is 0.856. The summed E-state index contributed by atoms with van der Waals surface area (Å²) in [6.45, 7) is 1.72. The summed E-state index contributed by atoms with van der Waals surface area (Å²) in [6, 6.07) is 5.44. The quantitative estimate of drug-likeness (QED) is 0.588. The van der Waals surface area contributed by atoms with E-state index in [1.54, 1.807) is 19.2 Å². The fourth-order valence-corrected chi connectivity index (χ4v) is 1.06. The molecule has 0 aliphatic carbocycles. The zero-order valence-corrected chi connectivity index (χ0v) is 6.57. The minimum absolute atomic E-state index is 0.318. The first-order chi connectivity index (χ1) is 5.77. The fraction of sp³-hybridized carbons (Fsp3) is 0.111. The maximum absolute atomic E-state index is 11.0. The molecule has 0 saturated carbocycles. The Hall–Kier alpha value is -1.64. The van der Waals surface area contributed by atoms with Crippen molar-refractivity contribution in [1.82, 2.24) is 4.98 Å². The largest absolute Gasteiger partial charge is 0.403 e. The highest BCUT2D eigenvalue weighted by molar-refractivity contribution is 5.72. The Kier molecular flexibility index (Phi) is 1.43. The van der Waals surface area contributed by atoms with Crippen molar-refractivity contribution in [3.05, 3.63) is 40.4 Å². The zero-order chi connectivity index (χ0) is 8.55. The van der Waals surface area contributed by atoms with Gasteiger partial charge in [-0.25, -0.2) is 9.78 Å². The minimum Gasteiger partial charge on any atom is -0.403 e. The number of nitrogens with zero attached hydrogens (tertiary/aromatic N) is 1. The van der Waals surface area contributed by atoms with Crippen LogP contribution in [0.25, 0.3) is 11.1 Å². The van der Waals surface area contributed by atoms with Crippen LogP contribution in [0.5, 0.6) is 0 Å². The molecule has 0 atom stereocenters. The van der Waals surface area contributed by atoms with Crippen LogP contribution in [0.4, 0.5) is 0 Å². The van der Waals surface area contributed by atoms with E-state index >= 15 is 0 Å². The summed E-state index contributed by atoms with van der Waals surface area (Å²) in [5.41, 5.74) is 0.685. The van der Waals surface area contributed by atoms with Gasteiger partial charge in [-0.2, -0.15) is 0 Å². The number of pyridine rings is 1. The molecule has 3 heteroatoms. The van der Waals surface area contributed by atoms with Gasteiger partial charge in [-0.05, 0) is 25.1 Å². The highest BCUT2D eigenvalue weighted by atomic mass is 16.4. The Labute approximate surface area is 68.7 Å². The van der Waals surface area contributed by atoms with Gasteiger partial charge in [0.1, 0.15) is 0 Å². The van der Waals surface area contributed by atoms with E-state index in [0.29, 0.717) is 11.3 Å². The first kappa shape index (κ1) is 7.03. The van der Waals surface area contributed by atoms with E-state index in [-0.39, 0.29) is 5.63 Å². The van der Waals surface area contributed by atoms with Crippen molar-refractivity contribution in [2.75, 3.05) is 0 Å². The Balaban J connectivity index is 2.93. The van der Waals surface area contributed by atoms with Crippen molar-refractivity contribution in [3.63, 3.8) is 0 Å². The summed E-state index contributed by atoms with van der Waals surface area (Å²) in [5.74, 6) is 0. The van der Waals surface area contributed by atoms with Crippen LogP contribution in [-0.2, 0) is 0 Å². The van der Waals surface area contributed by atoms with Crippen molar-refractivity contribution in [2.24, 2.45) is 0 Å². The molecule has 60 valence electrons. The fourth-order valence-electron chi connectivity index (χ4n) is 1.06. The molecule has 0 bridgehead atoms. The molecule has 2 aromatic heterocycles. The lowest BCUT2D eigenvalue weighted by atomic mass is 10.2. The normalized spacial score (nSPS) is 10.4. The van der Waals surface area contributed by atoms with Crippen LogP contribution in [-0.4, -0.2) is 4.98 Å². The highest BCUT2D eigenvalue weighted by Gasteiger charge is 1.99. The summed E-state index contributed by atoms with van der Waals surface area (Å²) < 4.78 is 4.93. The van der Waals surface area contributed by atoms with Crippen LogP contribution in [0.3, 0.4) is 0 Å². The van der Waals surface area contributed by atoms with Crippen molar-refractivity contribution < 1.29 is 4.42 Å². The SMILES string of the molecule is Cc1cc2cccnc2oc1=O. The summed E-state index contributed by atoms with van der Waals surface area (Å²) >= 11 is 0. The predicted molar refractivity (Wildman–Crippen MR) is 45.0 cm³/mol. The minimum atomic E-state index is -0.318. The second-order valence-electron chi connectivity index (χ2n) is 2.61. The van der Waals surface area contributed by atoms with Crippen molar-refractivity contribution in [3.8, 4) is 0 Å². The summed E-state index contributed by atoms with van der Waals surface area (Å²) in [6.07, 6.45) is 1.60. The average molecular weight is 161 g/mol. The monoisotopic (exact) mass is 161 g/mol. The number of hydrogen-bond donors (Lipinski definition) is 0. The van der Waals surface area contributed by atoms with E-state index in [0.717, 1.165) is 5.39 Å². The molecule has 0 amide bonds. The first-order valence-corrected chi connectivity index (χ1v) is 3.63. The smallest absolute Gasteiger partial charge is 0.340 e. The van der Waals surface area contributed by atoms with Gasteiger partial charge in [0, 0.05) is 17.1 Å². The van der Waals surface area contributed by atoms with E-state index in [1.807, 2.05) is 12.1 Å². The lowest BCUT2D eigenvalue weighted by Gasteiger charge is -1.94. The molecule has 2 heterocycles. The second kappa shape index (κ2) is 2.44. The molecule has 0 aliphatic heterocycles. The van der Waals surface area contributed by atoms with Crippen molar-refractivity contribution in [1.29, 1.82) is 0 Å². The molecule has 0 radical (unpaired) electrons. The van der Waals surface area contributed by atoms with E-state index in [1.165, 1.54) is 0 Å². The van der Waals surface area contributed by atoms with Gasteiger partial charge in [0.05, 0.1) is 0 Å². The lowest BCUT2D eigenvalue weighted by molar-refractivity contribution is 0.544. The molecule has 0 saturated heterocycles. The van der Waals surface area contributed by atoms with Crippen LogP contribution in [0.2, 0.25) is 0 Å². The number of fused-ring (bicyclic) bond motifs is 1. The van der Waals surface area contributed by atoms with E-state index in [2.05, 4.69) is 4.98 Å². The average Bonchev–Trinajstić information content (AvgIpc) is 2.07. The summed E-state index contributed by atoms with van der Waals surface area (Å²) in [4.78, 5) is 14.9. The third kappa shape index (κ3) is 0.993. The molecule has 2 rings (SSSR count). The molecule has 12 heavy (non-hydrogen) atoms. The number of rotatable bonds is 0. The van der Waals surface area contributed by atoms with Crippen LogP contribution in [0.1, 0.15) is 5.56 Å². The van der Waals surface area contributed by atoms with Crippen LogP contribution in [0.15, 0.2) is 33.6 Å². The third-order valence-electron chi connectivity index (χ3n) is 1.68. The van der Waals surface area contributed by atoms with Gasteiger partial charge in [0.25, 0.3) is 0 Å². The molecular formula is C9H7NO2. The third-order valence-corrected chi connectivity index (χ3v) is 1.68. The maximum Gasteiger partial charge on any atom is 0.340 e. The van der Waals surface area contributed by atoms with Gasteiger partial charge in [0.15, 0.2) is 0 Å². The molecule has 0 fully saturated rings. The highest BCUT2D eigenvalue weighted by Crippen LogP contribution is 2.08. The van der Waals surface area contributed by atoms with Gasteiger partial charge in [0.2, 0.25) is 5.71 Å². The summed E-state index contributed by atoms with van der Waals surface area (Å²) in [7, 11) is 0. The number of aryl methyl sites for hydroxylation is 1. The Morgan fingerprint density at radius 2 is 2.33 bits per heavy atom. The molecular weight excluding hydrogens is 154 g/mol. The standard InChI is InChI=1S/C9H7NO2/c1-6-5-7-3-2-4-10-8(7)12-9(6)11/h2-5H,1H3. The predicted octanol–water partition coefficient (Wildman–Crippen LogP) is 1.50. The van der Waals surface area contributed by atoms with Gasteiger partial charge in [-0.3, -0.25) is 0 Å². The Morgan fingerprint density at radius 3 is 3.17 bits per heavy atom. The van der Waals surface area contributed by atoms with Gasteiger partial charge < -0.3 is 4.42 Å². The Bertz CT molecular complexity index is 473. The van der Waals surface area contributed by atoms with Gasteiger partial charge in [-0.15, -0.1) is 0 Å². The van der Waals surface area contributed by atoms with Crippen molar-refractivity contribution >= 4 is 11.1 Å². The van der Waals surface area contributed by atoms with Gasteiger partial charge >= 0.3 is 5.63 Å². The van der Waals surface area contributed by atoms with E-state index < -0.39 is 0 Å². The molecule has 0 aliphatic rings. The van der Waals surface area contributed by atoms with Crippen LogP contribution < -0.4 is 5.63 Å². The number of aromatic nitrogens is 1. The first-order valence-electron chi connectivity index (χ1n) is 3.63. The zero-order valence-electron chi connectivity index (χ0n) is 6.57. The maximum atomic E-state index is 11.0. The van der Waals surface area contributed by atoms with Crippen LogP contribution >= 0.6 is 0 Å². The Morgan fingerprint density at radius 1 is 1.50 bits per heavy atom. The molecule has 2 aromatic rings.